The molecule has 4 rings (SSSR count). The lowest BCUT2D eigenvalue weighted by Crippen LogP contribution is -2.45. The summed E-state index contributed by atoms with van der Waals surface area (Å²) in [5.74, 6) is -4.03. The molecule has 210 valence electrons. The third-order valence-electron chi connectivity index (χ3n) is 7.43. The van der Waals surface area contributed by atoms with E-state index < -0.39 is 41.7 Å². The van der Waals surface area contributed by atoms with Crippen molar-refractivity contribution in [1.29, 1.82) is 0 Å². The molecule has 1 aliphatic rings. The molecule has 0 spiro atoms. The van der Waals surface area contributed by atoms with Gasteiger partial charge in [0.1, 0.15) is 18.6 Å². The molecule has 1 saturated heterocycles. The minimum Gasteiger partial charge on any atom is -0.497 e. The summed E-state index contributed by atoms with van der Waals surface area (Å²) in [7, 11) is 1.48. The van der Waals surface area contributed by atoms with Crippen molar-refractivity contribution in [3.8, 4) is 5.75 Å². The summed E-state index contributed by atoms with van der Waals surface area (Å²) in [6, 6.07) is 6.85. The van der Waals surface area contributed by atoms with Gasteiger partial charge in [-0.05, 0) is 69.1 Å². The molecule has 0 radical (unpaired) electrons. The molecule has 1 atom stereocenters. The lowest BCUT2D eigenvalue weighted by molar-refractivity contribution is -0.153. The Balaban J connectivity index is 1.38. The number of pyridine rings is 1. The predicted molar refractivity (Wildman–Crippen MR) is 139 cm³/mol. The predicted octanol–water partition coefficient (Wildman–Crippen LogP) is 6.88. The van der Waals surface area contributed by atoms with Gasteiger partial charge in [0.05, 0.1) is 18.0 Å². The van der Waals surface area contributed by atoms with Crippen molar-refractivity contribution in [2.45, 2.75) is 43.4 Å². The maximum Gasteiger partial charge on any atom is 0.309 e. The number of fused-ring (bicyclic) bond motifs is 1. The highest BCUT2D eigenvalue weighted by atomic mass is 32.2. The number of hydrogen-bond acceptors (Lipinski definition) is 5. The molecule has 11 heteroatoms. The van der Waals surface area contributed by atoms with Crippen molar-refractivity contribution in [2.75, 3.05) is 32.5 Å². The number of likely N-dealkylation sites (tertiary alicyclic amines) is 1. The number of alkyl halides is 2. The van der Waals surface area contributed by atoms with Gasteiger partial charge in [0.25, 0.3) is 0 Å². The summed E-state index contributed by atoms with van der Waals surface area (Å²) in [4.78, 5) is 18.8. The normalized spacial score (nSPS) is 16.4. The summed E-state index contributed by atoms with van der Waals surface area (Å²) in [6.07, 6.45) is 0.332. The van der Waals surface area contributed by atoms with E-state index in [-0.39, 0.29) is 28.9 Å². The average molecular weight is 569 g/mol. The fraction of sp³-hybridized carbons (Fsp3) is 0.429. The average Bonchev–Trinajstić information content (AvgIpc) is 2.94. The van der Waals surface area contributed by atoms with Crippen molar-refractivity contribution in [1.82, 2.24) is 9.88 Å². The fourth-order valence-electron chi connectivity index (χ4n) is 5.07. The van der Waals surface area contributed by atoms with Crippen LogP contribution in [0.5, 0.6) is 5.75 Å². The van der Waals surface area contributed by atoms with Gasteiger partial charge >= 0.3 is 5.97 Å². The van der Waals surface area contributed by atoms with Crippen LogP contribution in [0.4, 0.5) is 22.0 Å². The first-order chi connectivity index (χ1) is 18.7. The maximum absolute atomic E-state index is 15.7. The molecule has 0 saturated carbocycles. The van der Waals surface area contributed by atoms with E-state index in [4.69, 9.17) is 4.74 Å². The van der Waals surface area contributed by atoms with Crippen LogP contribution in [0.3, 0.4) is 0 Å². The van der Waals surface area contributed by atoms with E-state index in [1.54, 1.807) is 18.2 Å². The molecular weight excluding hydrogens is 539 g/mol. The summed E-state index contributed by atoms with van der Waals surface area (Å²) in [6.45, 7) is 0.559. The smallest absolute Gasteiger partial charge is 0.309 e. The van der Waals surface area contributed by atoms with Gasteiger partial charge in [0, 0.05) is 39.9 Å². The fourth-order valence-corrected chi connectivity index (χ4v) is 6.03. The first-order valence-electron chi connectivity index (χ1n) is 12.6. The summed E-state index contributed by atoms with van der Waals surface area (Å²) < 4.78 is 74.7. The van der Waals surface area contributed by atoms with Crippen LogP contribution in [0.15, 0.2) is 41.4 Å². The van der Waals surface area contributed by atoms with Crippen LogP contribution >= 0.6 is 11.8 Å². The third kappa shape index (κ3) is 6.46. The molecule has 3 aromatic rings. The van der Waals surface area contributed by atoms with Crippen LogP contribution < -0.4 is 4.74 Å². The molecule has 1 N–H and O–H groups in total. The Morgan fingerprint density at radius 3 is 2.49 bits per heavy atom. The van der Waals surface area contributed by atoms with Gasteiger partial charge < -0.3 is 14.7 Å². The number of piperidine rings is 1. The first kappa shape index (κ1) is 29.1. The number of aliphatic carboxylic acids is 1. The SMILES string of the molecule is COc1ccc2ncc(CF)c([C@H](F)CCC3(C(=O)O)CCN(CCSc4cc(F)c(F)c(F)c4)CC3)c2c1. The van der Waals surface area contributed by atoms with Crippen LogP contribution in [0, 0.1) is 22.9 Å². The molecule has 1 aromatic heterocycles. The van der Waals surface area contributed by atoms with Crippen LogP contribution in [0.2, 0.25) is 0 Å². The zero-order chi connectivity index (χ0) is 28.2. The van der Waals surface area contributed by atoms with E-state index in [9.17, 15) is 27.5 Å². The van der Waals surface area contributed by atoms with Gasteiger partial charge in [0.15, 0.2) is 17.5 Å². The number of benzene rings is 2. The Labute approximate surface area is 227 Å². The van der Waals surface area contributed by atoms with Crippen LogP contribution in [0.25, 0.3) is 10.9 Å². The quantitative estimate of drug-likeness (QED) is 0.155. The van der Waals surface area contributed by atoms with Crippen molar-refractivity contribution in [3.05, 3.63) is 65.1 Å². The highest BCUT2D eigenvalue weighted by Crippen LogP contribution is 2.41. The molecule has 39 heavy (non-hydrogen) atoms. The number of hydrogen-bond donors (Lipinski definition) is 1. The van der Waals surface area contributed by atoms with E-state index in [1.165, 1.54) is 25.1 Å². The van der Waals surface area contributed by atoms with E-state index in [1.807, 2.05) is 4.90 Å². The third-order valence-corrected chi connectivity index (χ3v) is 8.39. The lowest BCUT2D eigenvalue weighted by atomic mass is 9.74. The standard InChI is InChI=1S/C28H29F5N2O3S/c1-38-18-2-3-24-20(12-18)25(17(15-29)16-34-24)21(30)4-5-28(27(36)37)6-8-35(9-7-28)10-11-39-19-13-22(31)26(33)23(32)14-19/h2-3,12-14,16,21H,4-11,15H2,1H3,(H,36,37)/t21-/m1/s1. The number of rotatable bonds is 11. The number of aromatic nitrogens is 1. The molecule has 2 aromatic carbocycles. The van der Waals surface area contributed by atoms with Crippen LogP contribution in [-0.4, -0.2) is 53.5 Å². The van der Waals surface area contributed by atoms with Crippen LogP contribution in [0.1, 0.15) is 43.0 Å². The molecule has 0 bridgehead atoms. The number of carboxylic acid groups (broad SMARTS) is 1. The minimum atomic E-state index is -1.59. The second-order valence-electron chi connectivity index (χ2n) is 9.70. The molecule has 0 amide bonds. The number of nitrogens with zero attached hydrogens (tertiary/aromatic N) is 2. The minimum absolute atomic E-state index is 0.0831. The van der Waals surface area contributed by atoms with E-state index in [0.29, 0.717) is 54.9 Å². The number of thioether (sulfide) groups is 1. The van der Waals surface area contributed by atoms with Gasteiger partial charge in [-0.15, -0.1) is 11.8 Å². The van der Waals surface area contributed by atoms with E-state index in [0.717, 1.165) is 12.1 Å². The van der Waals surface area contributed by atoms with E-state index in [2.05, 4.69) is 4.98 Å². The molecule has 0 aliphatic carbocycles. The zero-order valence-electron chi connectivity index (χ0n) is 21.4. The first-order valence-corrected chi connectivity index (χ1v) is 13.5. The Bertz CT molecular complexity index is 1310. The van der Waals surface area contributed by atoms with Crippen molar-refractivity contribution in [3.63, 3.8) is 0 Å². The zero-order valence-corrected chi connectivity index (χ0v) is 22.2. The van der Waals surface area contributed by atoms with Gasteiger partial charge in [0.2, 0.25) is 0 Å². The Kier molecular flexibility index (Phi) is 9.32. The second-order valence-corrected chi connectivity index (χ2v) is 10.9. The molecule has 5 nitrogen and oxygen atoms in total. The Hall–Kier alpha value is -2.92. The van der Waals surface area contributed by atoms with E-state index >= 15 is 4.39 Å². The highest BCUT2D eigenvalue weighted by Gasteiger charge is 2.41. The highest BCUT2D eigenvalue weighted by molar-refractivity contribution is 7.99. The van der Waals surface area contributed by atoms with Crippen molar-refractivity contribution in [2.24, 2.45) is 5.41 Å². The molecule has 1 fully saturated rings. The number of methoxy groups -OCH3 is 1. The number of carboxylic acids is 1. The summed E-state index contributed by atoms with van der Waals surface area (Å²) in [5, 5.41) is 10.5. The van der Waals surface area contributed by atoms with Crippen LogP contribution in [-0.2, 0) is 11.5 Å². The Morgan fingerprint density at radius 1 is 1.18 bits per heavy atom. The number of carbonyl (C=O) groups is 1. The summed E-state index contributed by atoms with van der Waals surface area (Å²) in [5.41, 5.74) is -0.324. The largest absolute Gasteiger partial charge is 0.497 e. The van der Waals surface area contributed by atoms with Crippen molar-refractivity contribution < 1.29 is 36.6 Å². The van der Waals surface area contributed by atoms with Gasteiger partial charge in [-0.3, -0.25) is 9.78 Å². The lowest BCUT2D eigenvalue weighted by Gasteiger charge is -2.39. The molecule has 2 heterocycles. The van der Waals surface area contributed by atoms with Gasteiger partial charge in [-0.25, -0.2) is 22.0 Å². The maximum atomic E-state index is 15.7. The van der Waals surface area contributed by atoms with Crippen molar-refractivity contribution >= 4 is 28.6 Å². The molecule has 0 unspecified atom stereocenters. The van der Waals surface area contributed by atoms with Gasteiger partial charge in [-0.2, -0.15) is 0 Å². The second kappa shape index (κ2) is 12.5. The molecule has 1 aliphatic heterocycles. The monoisotopic (exact) mass is 568 g/mol. The van der Waals surface area contributed by atoms with Gasteiger partial charge in [-0.1, -0.05) is 0 Å². The summed E-state index contributed by atoms with van der Waals surface area (Å²) >= 11 is 1.18. The number of ether oxygens (including phenoxy) is 1. The molecular formula is C28H29F5N2O3S. The topological polar surface area (TPSA) is 62.7 Å². The Morgan fingerprint density at radius 2 is 1.87 bits per heavy atom. The number of halogens is 5.